The molecule has 0 radical (unpaired) electrons. The quantitative estimate of drug-likeness (QED) is 0.625. The molecule has 1 aliphatic rings. The number of methoxy groups -OCH3 is 1. The van der Waals surface area contributed by atoms with Crippen LogP contribution in [0.1, 0.15) is 12.8 Å². The van der Waals surface area contributed by atoms with Crippen LogP contribution in [-0.4, -0.2) is 48.9 Å². The van der Waals surface area contributed by atoms with Crippen LogP contribution >= 0.6 is 0 Å². The minimum atomic E-state index is -4.07. The number of piperidine rings is 1. The highest BCUT2D eigenvalue weighted by molar-refractivity contribution is 7.89. The van der Waals surface area contributed by atoms with Crippen molar-refractivity contribution in [2.75, 3.05) is 20.2 Å². The average molecular weight is 344 g/mol. The molecule has 1 heterocycles. The number of benzene rings is 1. The SMILES string of the molecule is COc1ccc(S(=O)(=O)N2CCC(C(=O)O)CC2)c([N+](=O)[O-])c1. The molecule has 23 heavy (non-hydrogen) atoms. The lowest BCUT2D eigenvalue weighted by molar-refractivity contribution is -0.387. The number of rotatable bonds is 5. The highest BCUT2D eigenvalue weighted by Gasteiger charge is 2.35. The molecule has 0 atom stereocenters. The molecule has 0 spiro atoms. The van der Waals surface area contributed by atoms with Gasteiger partial charge in [0.05, 0.1) is 24.0 Å². The topological polar surface area (TPSA) is 127 Å². The Morgan fingerprint density at radius 2 is 2.00 bits per heavy atom. The van der Waals surface area contributed by atoms with E-state index in [0.717, 1.165) is 16.4 Å². The summed E-state index contributed by atoms with van der Waals surface area (Å²) < 4.78 is 31.2. The van der Waals surface area contributed by atoms with Gasteiger partial charge in [-0.2, -0.15) is 4.31 Å². The molecule has 0 unspecified atom stereocenters. The highest BCUT2D eigenvalue weighted by atomic mass is 32.2. The van der Waals surface area contributed by atoms with Crippen LogP contribution in [0.15, 0.2) is 23.1 Å². The van der Waals surface area contributed by atoms with Gasteiger partial charge in [-0.3, -0.25) is 14.9 Å². The maximum atomic E-state index is 12.6. The lowest BCUT2D eigenvalue weighted by atomic mass is 9.99. The summed E-state index contributed by atoms with van der Waals surface area (Å²) in [7, 11) is -2.75. The van der Waals surface area contributed by atoms with Crippen LogP contribution in [-0.2, 0) is 14.8 Å². The second-order valence-corrected chi connectivity index (χ2v) is 7.01. The predicted octanol–water partition coefficient (Wildman–Crippen LogP) is 1.09. The monoisotopic (exact) mass is 344 g/mol. The molecule has 2 rings (SSSR count). The number of hydrogen-bond donors (Lipinski definition) is 1. The number of sulfonamides is 1. The van der Waals surface area contributed by atoms with E-state index in [4.69, 9.17) is 9.84 Å². The van der Waals surface area contributed by atoms with Crippen molar-refractivity contribution in [2.24, 2.45) is 5.92 Å². The average Bonchev–Trinajstić information content (AvgIpc) is 2.54. The van der Waals surface area contributed by atoms with Crippen LogP contribution in [0.2, 0.25) is 0 Å². The Balaban J connectivity index is 2.34. The first-order chi connectivity index (χ1) is 10.8. The number of carbonyl (C=O) groups is 1. The van der Waals surface area contributed by atoms with Gasteiger partial charge in [-0.15, -0.1) is 0 Å². The maximum absolute atomic E-state index is 12.6. The van der Waals surface area contributed by atoms with Gasteiger partial charge in [0.1, 0.15) is 5.75 Å². The molecular weight excluding hydrogens is 328 g/mol. The van der Waals surface area contributed by atoms with Crippen molar-refractivity contribution < 1.29 is 28.0 Å². The molecule has 0 amide bonds. The standard InChI is InChI=1S/C13H16N2O7S/c1-22-10-2-3-12(11(8-10)15(18)19)23(20,21)14-6-4-9(5-7-14)13(16)17/h2-3,8-9H,4-7H2,1H3,(H,16,17). The summed E-state index contributed by atoms with van der Waals surface area (Å²) in [6.07, 6.45) is 0.358. The van der Waals surface area contributed by atoms with Crippen LogP contribution in [0.5, 0.6) is 5.75 Å². The van der Waals surface area contributed by atoms with Gasteiger partial charge < -0.3 is 9.84 Å². The molecule has 10 heteroatoms. The van der Waals surface area contributed by atoms with Gasteiger partial charge in [0, 0.05) is 13.1 Å². The Labute approximate surface area is 132 Å². The van der Waals surface area contributed by atoms with Crippen molar-refractivity contribution in [2.45, 2.75) is 17.7 Å². The molecule has 0 aromatic heterocycles. The van der Waals surface area contributed by atoms with Gasteiger partial charge in [-0.05, 0) is 25.0 Å². The van der Waals surface area contributed by atoms with E-state index >= 15 is 0 Å². The number of carboxylic acid groups (broad SMARTS) is 1. The van der Waals surface area contributed by atoms with Crippen molar-refractivity contribution in [3.8, 4) is 5.75 Å². The lowest BCUT2D eigenvalue weighted by Gasteiger charge is -2.29. The van der Waals surface area contributed by atoms with E-state index in [1.54, 1.807) is 0 Å². The molecule has 1 aromatic rings. The number of nitrogens with zero attached hydrogens (tertiary/aromatic N) is 2. The number of aliphatic carboxylic acids is 1. The highest BCUT2D eigenvalue weighted by Crippen LogP contribution is 2.32. The molecule has 0 saturated carbocycles. The molecule has 1 aliphatic heterocycles. The van der Waals surface area contributed by atoms with Gasteiger partial charge in [-0.25, -0.2) is 8.42 Å². The van der Waals surface area contributed by atoms with Crippen molar-refractivity contribution in [1.82, 2.24) is 4.31 Å². The predicted molar refractivity (Wildman–Crippen MR) is 78.8 cm³/mol. The first-order valence-electron chi connectivity index (χ1n) is 6.82. The zero-order chi connectivity index (χ0) is 17.2. The first-order valence-corrected chi connectivity index (χ1v) is 8.26. The maximum Gasteiger partial charge on any atom is 0.306 e. The normalized spacial score (nSPS) is 16.9. The van der Waals surface area contributed by atoms with Crippen LogP contribution in [0.4, 0.5) is 5.69 Å². The van der Waals surface area contributed by atoms with Gasteiger partial charge in [0.15, 0.2) is 4.90 Å². The van der Waals surface area contributed by atoms with E-state index in [1.807, 2.05) is 0 Å². The van der Waals surface area contributed by atoms with E-state index in [1.165, 1.54) is 13.2 Å². The summed E-state index contributed by atoms with van der Waals surface area (Å²) >= 11 is 0. The zero-order valence-electron chi connectivity index (χ0n) is 12.3. The third-order valence-electron chi connectivity index (χ3n) is 3.78. The fraction of sp³-hybridized carbons (Fsp3) is 0.462. The molecule has 9 nitrogen and oxygen atoms in total. The zero-order valence-corrected chi connectivity index (χ0v) is 13.2. The Kier molecular flexibility index (Phi) is 4.85. The van der Waals surface area contributed by atoms with E-state index in [0.29, 0.717) is 0 Å². The summed E-state index contributed by atoms with van der Waals surface area (Å²) in [5.41, 5.74) is -0.565. The van der Waals surface area contributed by atoms with Gasteiger partial charge in [-0.1, -0.05) is 0 Å². The summed E-state index contributed by atoms with van der Waals surface area (Å²) in [6, 6.07) is 3.52. The number of ether oxygens (including phenoxy) is 1. The number of nitro groups is 1. The van der Waals surface area contributed by atoms with Crippen molar-refractivity contribution in [1.29, 1.82) is 0 Å². The molecule has 0 bridgehead atoms. The third kappa shape index (κ3) is 3.42. The molecule has 1 saturated heterocycles. The second-order valence-electron chi connectivity index (χ2n) is 5.11. The van der Waals surface area contributed by atoms with E-state index in [2.05, 4.69) is 0 Å². The van der Waals surface area contributed by atoms with Crippen LogP contribution in [0, 0.1) is 16.0 Å². The second kappa shape index (κ2) is 6.50. The largest absolute Gasteiger partial charge is 0.497 e. The van der Waals surface area contributed by atoms with E-state index in [9.17, 15) is 23.3 Å². The lowest BCUT2D eigenvalue weighted by Crippen LogP contribution is -2.40. The number of hydrogen-bond acceptors (Lipinski definition) is 6. The Morgan fingerprint density at radius 3 is 2.48 bits per heavy atom. The van der Waals surface area contributed by atoms with Crippen molar-refractivity contribution in [3.63, 3.8) is 0 Å². The minimum absolute atomic E-state index is 0.0164. The van der Waals surface area contributed by atoms with E-state index in [-0.39, 0.29) is 31.7 Å². The Bertz CT molecular complexity index is 724. The van der Waals surface area contributed by atoms with Crippen molar-refractivity contribution in [3.05, 3.63) is 28.3 Å². The Morgan fingerprint density at radius 1 is 1.39 bits per heavy atom. The Hall–Kier alpha value is -2.20. The molecule has 126 valence electrons. The smallest absolute Gasteiger partial charge is 0.306 e. The minimum Gasteiger partial charge on any atom is -0.497 e. The molecule has 1 aromatic carbocycles. The molecule has 0 aliphatic carbocycles. The third-order valence-corrected chi connectivity index (χ3v) is 5.73. The van der Waals surface area contributed by atoms with Crippen LogP contribution < -0.4 is 4.74 Å². The van der Waals surface area contributed by atoms with Gasteiger partial charge >= 0.3 is 5.97 Å². The number of nitro benzene ring substituents is 1. The van der Waals surface area contributed by atoms with Crippen LogP contribution in [0.25, 0.3) is 0 Å². The number of carboxylic acids is 1. The summed E-state index contributed by atoms with van der Waals surface area (Å²) in [4.78, 5) is 20.9. The fourth-order valence-electron chi connectivity index (χ4n) is 2.47. The van der Waals surface area contributed by atoms with Gasteiger partial charge in [0.25, 0.3) is 5.69 Å². The summed E-state index contributed by atoms with van der Waals surface area (Å²) in [5, 5.41) is 20.1. The molecule has 1 fully saturated rings. The summed E-state index contributed by atoms with van der Waals surface area (Å²) in [6.45, 7) is 0.0327. The van der Waals surface area contributed by atoms with E-state index < -0.39 is 37.4 Å². The fourth-order valence-corrected chi connectivity index (χ4v) is 4.07. The summed E-state index contributed by atoms with van der Waals surface area (Å²) in [5.74, 6) is -1.37. The molecular formula is C13H16N2O7S. The van der Waals surface area contributed by atoms with Crippen molar-refractivity contribution >= 4 is 21.7 Å². The molecule has 1 N–H and O–H groups in total. The first kappa shape index (κ1) is 17.2. The van der Waals surface area contributed by atoms with Crippen LogP contribution in [0.3, 0.4) is 0 Å². The van der Waals surface area contributed by atoms with Gasteiger partial charge in [0.2, 0.25) is 10.0 Å².